The molecular weight excluding hydrogens is 330 g/mol. The van der Waals surface area contributed by atoms with Crippen molar-refractivity contribution in [3.8, 4) is 0 Å². The van der Waals surface area contributed by atoms with Crippen molar-refractivity contribution in [2.75, 3.05) is 0 Å². The predicted octanol–water partition coefficient (Wildman–Crippen LogP) is 4.31. The van der Waals surface area contributed by atoms with Gasteiger partial charge in [0.25, 0.3) is 5.69 Å². The molecule has 6 heteroatoms. The van der Waals surface area contributed by atoms with E-state index in [1.54, 1.807) is 12.1 Å². The Morgan fingerprint density at radius 1 is 1.26 bits per heavy atom. The van der Waals surface area contributed by atoms with Crippen LogP contribution in [-0.2, 0) is 0 Å². The lowest BCUT2D eigenvalue weighted by Crippen LogP contribution is -2.00. The molecule has 2 rings (SSSR count). The first-order valence-corrected chi connectivity index (χ1v) is 6.90. The molecule has 19 heavy (non-hydrogen) atoms. The summed E-state index contributed by atoms with van der Waals surface area (Å²) in [5.74, 6) is -0.378. The van der Waals surface area contributed by atoms with Gasteiger partial charge in [-0.3, -0.25) is 14.9 Å². The molecule has 0 spiro atoms. The number of ketones is 1. The lowest BCUT2D eigenvalue weighted by atomic mass is 10.1. The molecule has 0 saturated carbocycles. The predicted molar refractivity (Wildman–Crippen MR) is 78.5 cm³/mol. The van der Waals surface area contributed by atoms with Crippen LogP contribution in [0.1, 0.15) is 15.2 Å². The zero-order valence-electron chi connectivity index (χ0n) is 9.58. The number of nitro benzene ring substituents is 1. The number of hydrogen-bond acceptors (Lipinski definition) is 4. The maximum Gasteiger partial charge on any atom is 0.280 e. The second kappa shape index (κ2) is 5.90. The van der Waals surface area contributed by atoms with Gasteiger partial charge in [0.2, 0.25) is 0 Å². The van der Waals surface area contributed by atoms with Gasteiger partial charge < -0.3 is 0 Å². The third-order valence-corrected chi connectivity index (χ3v) is 3.95. The first kappa shape index (κ1) is 13.6. The van der Waals surface area contributed by atoms with Gasteiger partial charge >= 0.3 is 0 Å². The second-order valence-corrected chi connectivity index (χ2v) is 6.11. The minimum atomic E-state index is -0.553. The highest BCUT2D eigenvalue weighted by atomic mass is 79.9. The highest BCUT2D eigenvalue weighted by molar-refractivity contribution is 9.11. The molecule has 1 heterocycles. The number of para-hydroxylation sites is 1. The quantitative estimate of drug-likeness (QED) is 0.361. The second-order valence-electron chi connectivity index (χ2n) is 3.61. The van der Waals surface area contributed by atoms with Gasteiger partial charge in [-0.05, 0) is 46.3 Å². The molecule has 1 aromatic carbocycles. The van der Waals surface area contributed by atoms with Crippen molar-refractivity contribution < 1.29 is 9.72 Å². The molecule has 0 aliphatic heterocycles. The monoisotopic (exact) mass is 337 g/mol. The highest BCUT2D eigenvalue weighted by Crippen LogP contribution is 2.24. The van der Waals surface area contributed by atoms with Crippen LogP contribution in [0.2, 0.25) is 0 Å². The molecular formula is C13H8BrNO3S. The topological polar surface area (TPSA) is 60.2 Å². The van der Waals surface area contributed by atoms with Crippen molar-refractivity contribution >= 4 is 44.8 Å². The molecule has 96 valence electrons. The molecule has 0 amide bonds. The van der Waals surface area contributed by atoms with Crippen LogP contribution in [0.5, 0.6) is 0 Å². The summed E-state index contributed by atoms with van der Waals surface area (Å²) in [6, 6.07) is 9.65. The van der Waals surface area contributed by atoms with Crippen molar-refractivity contribution in [3.05, 3.63) is 66.8 Å². The van der Waals surface area contributed by atoms with Crippen LogP contribution in [0.4, 0.5) is 5.69 Å². The first-order valence-electron chi connectivity index (χ1n) is 5.29. The van der Waals surface area contributed by atoms with E-state index in [4.69, 9.17) is 0 Å². The number of carbonyl (C=O) groups is 1. The fraction of sp³-hybridized carbons (Fsp3) is 0. The van der Waals surface area contributed by atoms with Crippen LogP contribution in [0, 0.1) is 10.1 Å². The molecule has 0 unspecified atom stereocenters. The highest BCUT2D eigenvalue weighted by Gasteiger charge is 2.16. The summed E-state index contributed by atoms with van der Waals surface area (Å²) in [7, 11) is 0. The van der Waals surface area contributed by atoms with Gasteiger partial charge in [-0.1, -0.05) is 12.1 Å². The van der Waals surface area contributed by atoms with E-state index in [2.05, 4.69) is 15.9 Å². The number of carbonyl (C=O) groups excluding carboxylic acids is 1. The molecule has 4 nitrogen and oxygen atoms in total. The minimum Gasteiger partial charge on any atom is -0.289 e. The van der Waals surface area contributed by atoms with Crippen LogP contribution >= 0.6 is 27.3 Å². The van der Waals surface area contributed by atoms with Gasteiger partial charge in [-0.15, -0.1) is 11.3 Å². The molecule has 0 N–H and O–H groups in total. The third kappa shape index (κ3) is 3.36. The maximum absolute atomic E-state index is 12.0. The number of allylic oxidation sites excluding steroid dienone is 1. The van der Waals surface area contributed by atoms with Crippen LogP contribution in [0.15, 0.2) is 46.3 Å². The number of hydrogen-bond donors (Lipinski definition) is 0. The van der Waals surface area contributed by atoms with Crippen molar-refractivity contribution in [1.29, 1.82) is 0 Å². The summed E-state index contributed by atoms with van der Waals surface area (Å²) in [6.07, 6.45) is 3.00. The van der Waals surface area contributed by atoms with Crippen molar-refractivity contribution in [1.82, 2.24) is 0 Å². The van der Waals surface area contributed by atoms with E-state index in [1.807, 2.05) is 12.1 Å². The molecule has 0 atom stereocenters. The number of benzene rings is 1. The SMILES string of the molecule is O=C(/C=C/c1ccc(Br)s1)c1ccccc1[N+](=O)[O-]. The Bertz CT molecular complexity index is 663. The Balaban J connectivity index is 2.25. The normalized spacial score (nSPS) is 10.8. The fourth-order valence-corrected chi connectivity index (χ4v) is 2.83. The summed E-state index contributed by atoms with van der Waals surface area (Å²) < 4.78 is 0.963. The van der Waals surface area contributed by atoms with E-state index in [-0.39, 0.29) is 17.0 Å². The number of halogens is 1. The summed E-state index contributed by atoms with van der Waals surface area (Å²) in [6.45, 7) is 0. The van der Waals surface area contributed by atoms with Gasteiger partial charge in [0.1, 0.15) is 0 Å². The fourth-order valence-electron chi connectivity index (χ4n) is 1.51. The maximum atomic E-state index is 12.0. The van der Waals surface area contributed by atoms with E-state index in [0.717, 1.165) is 8.66 Å². The zero-order chi connectivity index (χ0) is 13.8. The number of rotatable bonds is 4. The van der Waals surface area contributed by atoms with E-state index < -0.39 is 4.92 Å². The summed E-state index contributed by atoms with van der Waals surface area (Å²) in [4.78, 5) is 23.1. The Morgan fingerprint density at radius 3 is 2.63 bits per heavy atom. The number of nitrogens with zero attached hydrogens (tertiary/aromatic N) is 1. The van der Waals surface area contributed by atoms with E-state index >= 15 is 0 Å². The summed E-state index contributed by atoms with van der Waals surface area (Å²) in [5.41, 5.74) is -0.0797. The van der Waals surface area contributed by atoms with Gasteiger partial charge in [0, 0.05) is 10.9 Å². The van der Waals surface area contributed by atoms with Crippen LogP contribution < -0.4 is 0 Å². The zero-order valence-corrected chi connectivity index (χ0v) is 12.0. The number of thiophene rings is 1. The molecule has 0 aliphatic rings. The average molecular weight is 338 g/mol. The number of nitro groups is 1. The molecule has 1 aromatic heterocycles. The average Bonchev–Trinajstić information content (AvgIpc) is 2.81. The third-order valence-electron chi connectivity index (χ3n) is 2.36. The van der Waals surface area contributed by atoms with Gasteiger partial charge in [-0.2, -0.15) is 0 Å². The van der Waals surface area contributed by atoms with Crippen molar-refractivity contribution in [2.45, 2.75) is 0 Å². The summed E-state index contributed by atoms with van der Waals surface area (Å²) >= 11 is 4.80. The van der Waals surface area contributed by atoms with E-state index in [1.165, 1.54) is 35.6 Å². The van der Waals surface area contributed by atoms with E-state index in [0.29, 0.717) is 0 Å². The smallest absolute Gasteiger partial charge is 0.280 e. The minimum absolute atomic E-state index is 0.0966. The molecule has 0 radical (unpaired) electrons. The molecule has 2 aromatic rings. The molecule has 0 fully saturated rings. The van der Waals surface area contributed by atoms with Crippen LogP contribution in [0.3, 0.4) is 0 Å². The Kier molecular flexibility index (Phi) is 4.24. The standard InChI is InChI=1S/C13H8BrNO3S/c14-13-8-6-9(19-13)5-7-12(16)10-3-1-2-4-11(10)15(17)18/h1-8H/b7-5+. The van der Waals surface area contributed by atoms with Crippen molar-refractivity contribution in [3.63, 3.8) is 0 Å². The lowest BCUT2D eigenvalue weighted by molar-refractivity contribution is -0.385. The molecule has 0 bridgehead atoms. The first-order chi connectivity index (χ1) is 9.08. The molecule has 0 aliphatic carbocycles. The van der Waals surface area contributed by atoms with Gasteiger partial charge in [0.15, 0.2) is 5.78 Å². The molecule has 0 saturated heterocycles. The van der Waals surface area contributed by atoms with Crippen LogP contribution in [-0.4, -0.2) is 10.7 Å². The largest absolute Gasteiger partial charge is 0.289 e. The summed E-state index contributed by atoms with van der Waals surface area (Å²) in [5, 5.41) is 10.8. The van der Waals surface area contributed by atoms with E-state index in [9.17, 15) is 14.9 Å². The Hall–Kier alpha value is -1.79. The Morgan fingerprint density at radius 2 is 2.00 bits per heavy atom. The Labute approximate surface area is 121 Å². The van der Waals surface area contributed by atoms with Gasteiger partial charge in [0.05, 0.1) is 14.3 Å². The van der Waals surface area contributed by atoms with Crippen molar-refractivity contribution in [2.24, 2.45) is 0 Å². The lowest BCUT2D eigenvalue weighted by Gasteiger charge is -1.97. The van der Waals surface area contributed by atoms with Gasteiger partial charge in [-0.25, -0.2) is 0 Å². The van der Waals surface area contributed by atoms with Crippen LogP contribution in [0.25, 0.3) is 6.08 Å².